The van der Waals surface area contributed by atoms with Crippen LogP contribution in [0.1, 0.15) is 6.42 Å². The van der Waals surface area contributed by atoms with E-state index in [4.69, 9.17) is 5.73 Å². The Kier molecular flexibility index (Phi) is 3.54. The Morgan fingerprint density at radius 3 is 2.68 bits per heavy atom. The number of rotatable bonds is 3. The van der Waals surface area contributed by atoms with Crippen LogP contribution in [0.25, 0.3) is 0 Å². The maximum absolute atomic E-state index is 12.4. The van der Waals surface area contributed by atoms with E-state index in [-0.39, 0.29) is 22.1 Å². The first-order valence-corrected chi connectivity index (χ1v) is 8.88. The SMILES string of the molecule is CN(C1CCS(=O)(=O)C1)S(=O)(=O)c1cnccc1N. The number of sulfone groups is 1. The van der Waals surface area contributed by atoms with Gasteiger partial charge < -0.3 is 5.73 Å². The molecule has 0 aliphatic carbocycles. The van der Waals surface area contributed by atoms with Crippen LogP contribution in [0.5, 0.6) is 0 Å². The van der Waals surface area contributed by atoms with Crippen molar-refractivity contribution in [2.24, 2.45) is 0 Å². The fourth-order valence-electron chi connectivity index (χ4n) is 2.02. The van der Waals surface area contributed by atoms with E-state index >= 15 is 0 Å². The van der Waals surface area contributed by atoms with Crippen LogP contribution < -0.4 is 5.73 Å². The minimum absolute atomic E-state index is 0.0139. The number of pyridine rings is 1. The van der Waals surface area contributed by atoms with Gasteiger partial charge in [-0.25, -0.2) is 16.8 Å². The molecule has 1 unspecified atom stereocenters. The van der Waals surface area contributed by atoms with Gasteiger partial charge in [0.1, 0.15) is 4.90 Å². The molecule has 7 nitrogen and oxygen atoms in total. The number of anilines is 1. The van der Waals surface area contributed by atoms with Gasteiger partial charge in [-0.05, 0) is 12.5 Å². The van der Waals surface area contributed by atoms with Crippen molar-refractivity contribution < 1.29 is 16.8 Å². The van der Waals surface area contributed by atoms with Crippen molar-refractivity contribution in [1.29, 1.82) is 0 Å². The molecule has 2 N–H and O–H groups in total. The zero-order chi connectivity index (χ0) is 14.3. The molecular weight excluding hydrogens is 290 g/mol. The first-order chi connectivity index (χ1) is 8.74. The van der Waals surface area contributed by atoms with Gasteiger partial charge in [-0.15, -0.1) is 0 Å². The second-order valence-electron chi connectivity index (χ2n) is 4.49. The summed E-state index contributed by atoms with van der Waals surface area (Å²) in [6.07, 6.45) is 2.87. The van der Waals surface area contributed by atoms with Crippen LogP contribution in [0.4, 0.5) is 5.69 Å². The number of nitrogens with two attached hydrogens (primary N) is 1. The zero-order valence-corrected chi connectivity index (χ0v) is 12.0. The van der Waals surface area contributed by atoms with Crippen LogP contribution in [0.2, 0.25) is 0 Å². The third kappa shape index (κ3) is 2.72. The highest BCUT2D eigenvalue weighted by atomic mass is 32.2. The van der Waals surface area contributed by atoms with Crippen molar-refractivity contribution in [3.63, 3.8) is 0 Å². The molecule has 1 atom stereocenters. The Bertz CT molecular complexity index is 684. The lowest BCUT2D eigenvalue weighted by atomic mass is 10.3. The average molecular weight is 305 g/mol. The summed E-state index contributed by atoms with van der Waals surface area (Å²) >= 11 is 0. The van der Waals surface area contributed by atoms with Crippen molar-refractivity contribution in [3.8, 4) is 0 Å². The van der Waals surface area contributed by atoms with E-state index in [9.17, 15) is 16.8 Å². The predicted molar refractivity (Wildman–Crippen MR) is 70.7 cm³/mol. The molecule has 0 spiro atoms. The Labute approximate surface area is 112 Å². The fourth-order valence-corrected chi connectivity index (χ4v) is 5.33. The third-order valence-electron chi connectivity index (χ3n) is 3.20. The van der Waals surface area contributed by atoms with Gasteiger partial charge in [0.25, 0.3) is 0 Å². The number of nitrogen functional groups attached to an aromatic ring is 1. The molecule has 1 aromatic rings. The second-order valence-corrected chi connectivity index (χ2v) is 8.69. The molecule has 0 amide bonds. The molecule has 1 aromatic heterocycles. The van der Waals surface area contributed by atoms with Crippen LogP contribution in [0.15, 0.2) is 23.4 Å². The number of hydrogen-bond donors (Lipinski definition) is 1. The van der Waals surface area contributed by atoms with E-state index in [1.165, 1.54) is 25.5 Å². The van der Waals surface area contributed by atoms with Gasteiger partial charge in [0, 0.05) is 25.5 Å². The van der Waals surface area contributed by atoms with Crippen molar-refractivity contribution in [1.82, 2.24) is 9.29 Å². The standard InChI is InChI=1S/C10H15N3O4S2/c1-13(8-3-5-18(14,15)7-8)19(16,17)10-6-12-4-2-9(10)11/h2,4,6,8H,3,5,7H2,1H3,(H2,11,12). The number of sulfonamides is 1. The molecule has 1 aliphatic heterocycles. The molecule has 0 aromatic carbocycles. The lowest BCUT2D eigenvalue weighted by Crippen LogP contribution is -2.38. The number of nitrogens with zero attached hydrogens (tertiary/aromatic N) is 2. The smallest absolute Gasteiger partial charge is 0.246 e. The Morgan fingerprint density at radius 2 is 2.16 bits per heavy atom. The summed E-state index contributed by atoms with van der Waals surface area (Å²) < 4.78 is 48.6. The summed E-state index contributed by atoms with van der Waals surface area (Å²) in [7, 11) is -5.60. The molecule has 106 valence electrons. The van der Waals surface area contributed by atoms with Crippen molar-refractivity contribution in [3.05, 3.63) is 18.5 Å². The van der Waals surface area contributed by atoms with Crippen LogP contribution in [0.3, 0.4) is 0 Å². The fraction of sp³-hybridized carbons (Fsp3) is 0.500. The molecule has 1 fully saturated rings. The summed E-state index contributed by atoms with van der Waals surface area (Å²) in [6.45, 7) is 0. The van der Waals surface area contributed by atoms with Crippen LogP contribution in [-0.4, -0.2) is 50.7 Å². The molecule has 0 saturated carbocycles. The van der Waals surface area contributed by atoms with Gasteiger partial charge in [-0.2, -0.15) is 4.31 Å². The summed E-state index contributed by atoms with van der Waals surface area (Å²) in [6, 6.07) is 0.848. The van der Waals surface area contributed by atoms with E-state index in [2.05, 4.69) is 4.98 Å². The largest absolute Gasteiger partial charge is 0.398 e. The number of aromatic nitrogens is 1. The quantitative estimate of drug-likeness (QED) is 0.804. The first-order valence-electron chi connectivity index (χ1n) is 5.62. The summed E-state index contributed by atoms with van der Waals surface area (Å²) in [5.41, 5.74) is 5.73. The van der Waals surface area contributed by atoms with Gasteiger partial charge in [0.05, 0.1) is 17.2 Å². The normalized spacial score (nSPS) is 22.7. The zero-order valence-electron chi connectivity index (χ0n) is 10.4. The van der Waals surface area contributed by atoms with E-state index in [1.807, 2.05) is 0 Å². The van der Waals surface area contributed by atoms with Gasteiger partial charge >= 0.3 is 0 Å². The summed E-state index contributed by atoms with van der Waals surface area (Å²) in [5, 5.41) is 0. The molecular formula is C10H15N3O4S2. The maximum atomic E-state index is 12.4. The predicted octanol–water partition coefficient (Wildman–Crippen LogP) is -0.529. The van der Waals surface area contributed by atoms with Gasteiger partial charge in [-0.3, -0.25) is 4.98 Å². The van der Waals surface area contributed by atoms with Crippen LogP contribution >= 0.6 is 0 Å². The van der Waals surface area contributed by atoms with E-state index in [0.29, 0.717) is 6.42 Å². The molecule has 2 heterocycles. The Morgan fingerprint density at radius 1 is 1.47 bits per heavy atom. The lowest BCUT2D eigenvalue weighted by Gasteiger charge is -2.23. The van der Waals surface area contributed by atoms with Gasteiger partial charge in [0.2, 0.25) is 10.0 Å². The molecule has 0 radical (unpaired) electrons. The van der Waals surface area contributed by atoms with E-state index < -0.39 is 25.9 Å². The highest BCUT2D eigenvalue weighted by Gasteiger charge is 2.37. The van der Waals surface area contributed by atoms with E-state index in [1.54, 1.807) is 0 Å². The minimum atomic E-state index is -3.82. The maximum Gasteiger partial charge on any atom is 0.246 e. The minimum Gasteiger partial charge on any atom is -0.398 e. The molecule has 1 saturated heterocycles. The molecule has 0 bridgehead atoms. The van der Waals surface area contributed by atoms with Crippen LogP contribution in [0, 0.1) is 0 Å². The van der Waals surface area contributed by atoms with Crippen LogP contribution in [-0.2, 0) is 19.9 Å². The summed E-state index contributed by atoms with van der Waals surface area (Å²) in [4.78, 5) is 3.65. The van der Waals surface area contributed by atoms with Crippen molar-refractivity contribution in [2.75, 3.05) is 24.3 Å². The monoisotopic (exact) mass is 305 g/mol. The Hall–Kier alpha value is -1.19. The van der Waals surface area contributed by atoms with Gasteiger partial charge in [0.15, 0.2) is 9.84 Å². The van der Waals surface area contributed by atoms with Crippen molar-refractivity contribution >= 4 is 25.5 Å². The number of hydrogen-bond acceptors (Lipinski definition) is 6. The van der Waals surface area contributed by atoms with Gasteiger partial charge in [-0.1, -0.05) is 0 Å². The molecule has 9 heteroatoms. The lowest BCUT2D eigenvalue weighted by molar-refractivity contribution is 0.394. The first kappa shape index (κ1) is 14.2. The molecule has 2 rings (SSSR count). The topological polar surface area (TPSA) is 110 Å². The molecule has 19 heavy (non-hydrogen) atoms. The highest BCUT2D eigenvalue weighted by Crippen LogP contribution is 2.25. The average Bonchev–Trinajstić information content (AvgIpc) is 2.69. The van der Waals surface area contributed by atoms with Crippen molar-refractivity contribution in [2.45, 2.75) is 17.4 Å². The third-order valence-corrected chi connectivity index (χ3v) is 6.90. The Balaban J connectivity index is 2.34. The van der Waals surface area contributed by atoms with E-state index in [0.717, 1.165) is 4.31 Å². The molecule has 1 aliphatic rings. The second kappa shape index (κ2) is 4.73. The summed E-state index contributed by atoms with van der Waals surface area (Å²) in [5.74, 6) is -0.136. The highest BCUT2D eigenvalue weighted by molar-refractivity contribution is 7.92.